The Hall–Kier alpha value is -4.26. The molecule has 0 bridgehead atoms. The summed E-state index contributed by atoms with van der Waals surface area (Å²) in [4.78, 5) is 25.2. The lowest BCUT2D eigenvalue weighted by Crippen LogP contribution is -2.25. The standard InChI is InChI=1S/C26H24N2O5/c1-3-32-23-14-18(9-11-22(23)31-2)16-27-25(29)19-10-12-21-20(15-19)28-26(30)24(33-21)13-17-7-5-4-6-8-17/h4-15H,3,16H2,1-2H3,(H,27,29)(H,28,30). The van der Waals surface area contributed by atoms with E-state index < -0.39 is 0 Å². The predicted octanol–water partition coefficient (Wildman–Crippen LogP) is 4.40. The monoisotopic (exact) mass is 444 g/mol. The Morgan fingerprint density at radius 1 is 1.06 bits per heavy atom. The molecule has 3 aromatic carbocycles. The van der Waals surface area contributed by atoms with Gasteiger partial charge in [-0.2, -0.15) is 0 Å². The van der Waals surface area contributed by atoms with E-state index in [0.717, 1.165) is 11.1 Å². The summed E-state index contributed by atoms with van der Waals surface area (Å²) >= 11 is 0. The first-order valence-corrected chi connectivity index (χ1v) is 10.5. The van der Waals surface area contributed by atoms with Gasteiger partial charge in [-0.25, -0.2) is 0 Å². The van der Waals surface area contributed by atoms with Gasteiger partial charge in [0.25, 0.3) is 11.8 Å². The molecule has 7 heteroatoms. The fourth-order valence-electron chi connectivity index (χ4n) is 3.39. The van der Waals surface area contributed by atoms with Gasteiger partial charge in [0.05, 0.1) is 19.4 Å². The van der Waals surface area contributed by atoms with Crippen LogP contribution in [0.2, 0.25) is 0 Å². The molecule has 0 aliphatic carbocycles. The highest BCUT2D eigenvalue weighted by atomic mass is 16.5. The number of hydrogen-bond acceptors (Lipinski definition) is 5. The van der Waals surface area contributed by atoms with Crippen LogP contribution >= 0.6 is 0 Å². The molecular formula is C26H24N2O5. The van der Waals surface area contributed by atoms with Crippen LogP contribution < -0.4 is 24.8 Å². The Morgan fingerprint density at radius 2 is 1.88 bits per heavy atom. The van der Waals surface area contributed by atoms with Crippen molar-refractivity contribution in [3.63, 3.8) is 0 Å². The summed E-state index contributed by atoms with van der Waals surface area (Å²) in [6, 6.07) is 19.9. The van der Waals surface area contributed by atoms with E-state index in [9.17, 15) is 9.59 Å². The number of ether oxygens (including phenoxy) is 3. The number of hydrogen-bond donors (Lipinski definition) is 2. The van der Waals surface area contributed by atoms with Crippen LogP contribution in [0.4, 0.5) is 5.69 Å². The highest BCUT2D eigenvalue weighted by Crippen LogP contribution is 2.32. The van der Waals surface area contributed by atoms with E-state index in [1.54, 1.807) is 37.5 Å². The van der Waals surface area contributed by atoms with E-state index in [2.05, 4.69) is 10.6 Å². The molecule has 1 aliphatic rings. The van der Waals surface area contributed by atoms with Gasteiger partial charge in [-0.15, -0.1) is 0 Å². The quantitative estimate of drug-likeness (QED) is 0.528. The highest BCUT2D eigenvalue weighted by Gasteiger charge is 2.23. The van der Waals surface area contributed by atoms with Crippen molar-refractivity contribution in [3.05, 3.63) is 89.2 Å². The molecular weight excluding hydrogens is 420 g/mol. The summed E-state index contributed by atoms with van der Waals surface area (Å²) < 4.78 is 16.6. The number of benzene rings is 3. The van der Waals surface area contributed by atoms with Crippen molar-refractivity contribution >= 4 is 23.6 Å². The van der Waals surface area contributed by atoms with Crippen LogP contribution in [-0.4, -0.2) is 25.5 Å². The number of rotatable bonds is 7. The number of carbonyl (C=O) groups excluding carboxylic acids is 2. The van der Waals surface area contributed by atoms with Crippen LogP contribution in [-0.2, 0) is 11.3 Å². The van der Waals surface area contributed by atoms with Crippen LogP contribution in [0.25, 0.3) is 6.08 Å². The minimum Gasteiger partial charge on any atom is -0.493 e. The maximum Gasteiger partial charge on any atom is 0.291 e. The fraction of sp³-hybridized carbons (Fsp3) is 0.154. The average molecular weight is 444 g/mol. The van der Waals surface area contributed by atoms with Gasteiger partial charge in [0.2, 0.25) is 0 Å². The maximum absolute atomic E-state index is 12.7. The molecule has 7 nitrogen and oxygen atoms in total. The lowest BCUT2D eigenvalue weighted by atomic mass is 10.1. The molecule has 2 amide bonds. The molecule has 168 valence electrons. The van der Waals surface area contributed by atoms with E-state index >= 15 is 0 Å². The molecule has 0 saturated heterocycles. The second kappa shape index (κ2) is 9.91. The Balaban J connectivity index is 1.45. The molecule has 3 aromatic rings. The maximum atomic E-state index is 12.7. The summed E-state index contributed by atoms with van der Waals surface area (Å²) in [5.74, 6) is 1.29. The summed E-state index contributed by atoms with van der Waals surface area (Å²) in [5.41, 5.74) is 2.58. The largest absolute Gasteiger partial charge is 0.493 e. The van der Waals surface area contributed by atoms with E-state index in [1.807, 2.05) is 49.4 Å². The van der Waals surface area contributed by atoms with Gasteiger partial charge < -0.3 is 24.8 Å². The molecule has 1 heterocycles. The van der Waals surface area contributed by atoms with Crippen molar-refractivity contribution in [2.24, 2.45) is 0 Å². The SMILES string of the molecule is CCOc1cc(CNC(=O)c2ccc3c(c2)NC(=O)C(=Cc2ccccc2)O3)ccc1OC. The van der Waals surface area contributed by atoms with E-state index in [1.165, 1.54) is 0 Å². The molecule has 0 unspecified atom stereocenters. The first-order valence-electron chi connectivity index (χ1n) is 10.5. The molecule has 0 radical (unpaired) electrons. The predicted molar refractivity (Wildman–Crippen MR) is 125 cm³/mol. The molecule has 0 fully saturated rings. The fourth-order valence-corrected chi connectivity index (χ4v) is 3.39. The molecule has 0 spiro atoms. The van der Waals surface area contributed by atoms with Crippen molar-refractivity contribution in [1.29, 1.82) is 0 Å². The van der Waals surface area contributed by atoms with E-state index in [-0.39, 0.29) is 17.6 Å². The summed E-state index contributed by atoms with van der Waals surface area (Å²) in [6.45, 7) is 2.72. The Kier molecular flexibility index (Phi) is 6.59. The van der Waals surface area contributed by atoms with Gasteiger partial charge >= 0.3 is 0 Å². The topological polar surface area (TPSA) is 85.9 Å². The van der Waals surface area contributed by atoms with Crippen LogP contribution in [0, 0.1) is 0 Å². The second-order valence-electron chi connectivity index (χ2n) is 7.29. The number of methoxy groups -OCH3 is 1. The zero-order valence-corrected chi connectivity index (χ0v) is 18.4. The molecule has 0 aromatic heterocycles. The van der Waals surface area contributed by atoms with Gasteiger partial charge in [-0.1, -0.05) is 36.4 Å². The molecule has 2 N–H and O–H groups in total. The summed E-state index contributed by atoms with van der Waals surface area (Å²) in [5, 5.41) is 5.67. The third kappa shape index (κ3) is 5.15. The third-order valence-electron chi connectivity index (χ3n) is 5.01. The van der Waals surface area contributed by atoms with Gasteiger partial charge in [0.1, 0.15) is 0 Å². The number of anilines is 1. The molecule has 1 aliphatic heterocycles. The van der Waals surface area contributed by atoms with Gasteiger partial charge in [0.15, 0.2) is 23.0 Å². The molecule has 33 heavy (non-hydrogen) atoms. The smallest absolute Gasteiger partial charge is 0.291 e. The lowest BCUT2D eigenvalue weighted by Gasteiger charge is -2.20. The average Bonchev–Trinajstić information content (AvgIpc) is 2.83. The zero-order valence-electron chi connectivity index (χ0n) is 18.4. The molecule has 4 rings (SSSR count). The normalized spacial score (nSPS) is 13.5. The molecule has 0 atom stereocenters. The van der Waals surface area contributed by atoms with Crippen LogP contribution in [0.1, 0.15) is 28.4 Å². The van der Waals surface area contributed by atoms with Crippen LogP contribution in [0.15, 0.2) is 72.5 Å². The van der Waals surface area contributed by atoms with Gasteiger partial charge in [-0.05, 0) is 54.5 Å². The van der Waals surface area contributed by atoms with E-state index in [4.69, 9.17) is 14.2 Å². The van der Waals surface area contributed by atoms with Crippen molar-refractivity contribution in [1.82, 2.24) is 5.32 Å². The molecule has 0 saturated carbocycles. The lowest BCUT2D eigenvalue weighted by molar-refractivity contribution is -0.115. The van der Waals surface area contributed by atoms with Crippen molar-refractivity contribution < 1.29 is 23.8 Å². The summed E-state index contributed by atoms with van der Waals surface area (Å²) in [7, 11) is 1.58. The van der Waals surface area contributed by atoms with Crippen molar-refractivity contribution in [2.45, 2.75) is 13.5 Å². The minimum absolute atomic E-state index is 0.190. The van der Waals surface area contributed by atoms with Crippen LogP contribution in [0.5, 0.6) is 17.2 Å². The number of fused-ring (bicyclic) bond motifs is 1. The summed E-state index contributed by atoms with van der Waals surface area (Å²) in [6.07, 6.45) is 1.67. The minimum atomic E-state index is -0.370. The van der Waals surface area contributed by atoms with E-state index in [0.29, 0.717) is 41.7 Å². The number of amides is 2. The first-order chi connectivity index (χ1) is 16.1. The number of nitrogens with one attached hydrogen (secondary N) is 2. The number of carbonyl (C=O) groups is 2. The van der Waals surface area contributed by atoms with Gasteiger partial charge in [-0.3, -0.25) is 9.59 Å². The van der Waals surface area contributed by atoms with Crippen LogP contribution in [0.3, 0.4) is 0 Å². The van der Waals surface area contributed by atoms with Crippen molar-refractivity contribution in [2.75, 3.05) is 19.0 Å². The zero-order chi connectivity index (χ0) is 23.2. The Labute approximate surface area is 192 Å². The Morgan fingerprint density at radius 3 is 2.64 bits per heavy atom. The third-order valence-corrected chi connectivity index (χ3v) is 5.01. The van der Waals surface area contributed by atoms with Crippen molar-refractivity contribution in [3.8, 4) is 17.2 Å². The first kappa shape index (κ1) is 22.0. The Bertz CT molecular complexity index is 1200. The highest BCUT2D eigenvalue weighted by molar-refractivity contribution is 6.09. The second-order valence-corrected chi connectivity index (χ2v) is 7.29. The van der Waals surface area contributed by atoms with Gasteiger partial charge in [0, 0.05) is 12.1 Å².